The molecule has 0 aromatic rings. The minimum absolute atomic E-state index is 0.00699. The quantitative estimate of drug-likeness (QED) is 0.727. The van der Waals surface area contributed by atoms with E-state index in [1.54, 1.807) is 6.08 Å². The van der Waals surface area contributed by atoms with Crippen LogP contribution in [-0.2, 0) is 9.59 Å². The topological polar surface area (TPSA) is 66.4 Å². The van der Waals surface area contributed by atoms with Crippen LogP contribution in [0.2, 0.25) is 0 Å². The molecule has 0 saturated heterocycles. The molecule has 1 amide bonds. The number of nitrogens with one attached hydrogen (secondary N) is 1. The molecule has 4 heteroatoms. The molecule has 2 N–H and O–H groups in total. The average Bonchev–Trinajstić information content (AvgIpc) is 2.88. The van der Waals surface area contributed by atoms with Crippen LogP contribution in [-0.4, -0.2) is 23.0 Å². The molecule has 98 valence electrons. The van der Waals surface area contributed by atoms with E-state index in [0.29, 0.717) is 6.42 Å². The predicted octanol–water partition coefficient (Wildman–Crippen LogP) is 1.59. The summed E-state index contributed by atoms with van der Waals surface area (Å²) >= 11 is 0. The minimum Gasteiger partial charge on any atom is -0.481 e. The number of hydrogen-bond acceptors (Lipinski definition) is 2. The van der Waals surface area contributed by atoms with Crippen molar-refractivity contribution in [3.63, 3.8) is 0 Å². The molecule has 2 rings (SSSR count). The molecular weight excluding hydrogens is 230 g/mol. The Kier molecular flexibility index (Phi) is 3.55. The van der Waals surface area contributed by atoms with Crippen LogP contribution in [0.15, 0.2) is 24.8 Å². The Morgan fingerprint density at radius 2 is 2.06 bits per heavy atom. The number of carbonyl (C=O) groups is 2. The number of rotatable bonds is 5. The van der Waals surface area contributed by atoms with Crippen LogP contribution in [0.25, 0.3) is 0 Å². The van der Waals surface area contributed by atoms with Crippen LogP contribution in [0.4, 0.5) is 0 Å². The molecule has 1 fully saturated rings. The van der Waals surface area contributed by atoms with Crippen molar-refractivity contribution >= 4 is 11.9 Å². The number of fused-ring (bicyclic) bond motifs is 2. The number of carboxylic acids is 1. The van der Waals surface area contributed by atoms with Crippen molar-refractivity contribution in [3.8, 4) is 0 Å². The van der Waals surface area contributed by atoms with Gasteiger partial charge in [0.1, 0.15) is 0 Å². The predicted molar refractivity (Wildman–Crippen MR) is 67.8 cm³/mol. The van der Waals surface area contributed by atoms with Crippen molar-refractivity contribution in [2.24, 2.45) is 23.7 Å². The van der Waals surface area contributed by atoms with Gasteiger partial charge in [-0.1, -0.05) is 18.2 Å². The van der Waals surface area contributed by atoms with Gasteiger partial charge in [0.25, 0.3) is 0 Å². The lowest BCUT2D eigenvalue weighted by atomic mass is 9.82. The first-order chi connectivity index (χ1) is 8.54. The van der Waals surface area contributed by atoms with Crippen molar-refractivity contribution in [2.45, 2.75) is 25.8 Å². The second-order valence-electron chi connectivity index (χ2n) is 5.27. The molecule has 1 saturated carbocycles. The summed E-state index contributed by atoms with van der Waals surface area (Å²) in [6.45, 7) is 5.53. The molecule has 0 heterocycles. The minimum atomic E-state index is -0.858. The van der Waals surface area contributed by atoms with Crippen LogP contribution < -0.4 is 5.32 Å². The largest absolute Gasteiger partial charge is 0.481 e. The Hall–Kier alpha value is -1.58. The molecule has 4 nitrogen and oxygen atoms in total. The van der Waals surface area contributed by atoms with Gasteiger partial charge in [0.2, 0.25) is 5.91 Å². The van der Waals surface area contributed by atoms with Crippen LogP contribution in [0, 0.1) is 23.7 Å². The maximum Gasteiger partial charge on any atom is 0.307 e. The Morgan fingerprint density at radius 1 is 1.44 bits per heavy atom. The van der Waals surface area contributed by atoms with Gasteiger partial charge in [-0.05, 0) is 31.6 Å². The van der Waals surface area contributed by atoms with Crippen molar-refractivity contribution in [1.29, 1.82) is 0 Å². The maximum absolute atomic E-state index is 12.2. The lowest BCUT2D eigenvalue weighted by molar-refractivity contribution is -0.148. The first kappa shape index (κ1) is 12.9. The van der Waals surface area contributed by atoms with E-state index < -0.39 is 17.8 Å². The third-order valence-electron chi connectivity index (χ3n) is 3.96. The molecule has 0 aromatic carbocycles. The van der Waals surface area contributed by atoms with E-state index in [9.17, 15) is 14.7 Å². The molecule has 0 aromatic heterocycles. The molecular formula is C14H19NO3. The summed E-state index contributed by atoms with van der Waals surface area (Å²) in [4.78, 5) is 23.5. The number of allylic oxidation sites excluding steroid dienone is 2. The van der Waals surface area contributed by atoms with Crippen molar-refractivity contribution in [2.75, 3.05) is 0 Å². The summed E-state index contributed by atoms with van der Waals surface area (Å²) in [6.07, 6.45) is 7.18. The lowest BCUT2D eigenvalue weighted by Crippen LogP contribution is -2.43. The van der Waals surface area contributed by atoms with Gasteiger partial charge in [-0.25, -0.2) is 0 Å². The molecule has 0 aliphatic heterocycles. The zero-order chi connectivity index (χ0) is 13.3. The van der Waals surface area contributed by atoms with Crippen molar-refractivity contribution in [1.82, 2.24) is 5.32 Å². The van der Waals surface area contributed by atoms with E-state index >= 15 is 0 Å². The highest BCUT2D eigenvalue weighted by Crippen LogP contribution is 2.48. The smallest absolute Gasteiger partial charge is 0.307 e. The van der Waals surface area contributed by atoms with Gasteiger partial charge < -0.3 is 10.4 Å². The highest BCUT2D eigenvalue weighted by atomic mass is 16.4. The molecule has 2 aliphatic rings. The Balaban J connectivity index is 2.07. The maximum atomic E-state index is 12.2. The zero-order valence-corrected chi connectivity index (χ0v) is 10.5. The molecule has 0 radical (unpaired) electrons. The summed E-state index contributed by atoms with van der Waals surface area (Å²) in [5.74, 6) is -1.84. The Morgan fingerprint density at radius 3 is 2.61 bits per heavy atom. The number of aliphatic carboxylic acids is 1. The highest BCUT2D eigenvalue weighted by molar-refractivity contribution is 5.87. The summed E-state index contributed by atoms with van der Waals surface area (Å²) in [7, 11) is 0. The van der Waals surface area contributed by atoms with Gasteiger partial charge in [0.05, 0.1) is 11.8 Å². The first-order valence-electron chi connectivity index (χ1n) is 6.37. The molecule has 2 bridgehead atoms. The van der Waals surface area contributed by atoms with Gasteiger partial charge >= 0.3 is 5.97 Å². The second-order valence-corrected chi connectivity index (χ2v) is 5.27. The van der Waals surface area contributed by atoms with Gasteiger partial charge in [-0.15, -0.1) is 6.58 Å². The summed E-state index contributed by atoms with van der Waals surface area (Å²) in [6, 6.07) is 0.00699. The van der Waals surface area contributed by atoms with Gasteiger partial charge in [0.15, 0.2) is 0 Å². The molecule has 18 heavy (non-hydrogen) atoms. The summed E-state index contributed by atoms with van der Waals surface area (Å²) < 4.78 is 0. The molecule has 3 unspecified atom stereocenters. The highest BCUT2D eigenvalue weighted by Gasteiger charge is 2.51. The summed E-state index contributed by atoms with van der Waals surface area (Å²) in [5, 5.41) is 12.1. The van der Waals surface area contributed by atoms with Crippen LogP contribution >= 0.6 is 0 Å². The Labute approximate surface area is 107 Å². The van der Waals surface area contributed by atoms with E-state index in [2.05, 4.69) is 11.9 Å². The third kappa shape index (κ3) is 2.19. The summed E-state index contributed by atoms with van der Waals surface area (Å²) in [5.41, 5.74) is 0. The van der Waals surface area contributed by atoms with E-state index in [1.807, 2.05) is 19.1 Å². The zero-order valence-electron chi connectivity index (χ0n) is 10.5. The number of hydrogen-bond donors (Lipinski definition) is 2. The molecule has 5 atom stereocenters. The normalized spacial score (nSPS) is 34.3. The van der Waals surface area contributed by atoms with Crippen molar-refractivity contribution < 1.29 is 14.7 Å². The van der Waals surface area contributed by atoms with Crippen LogP contribution in [0.3, 0.4) is 0 Å². The monoisotopic (exact) mass is 249 g/mol. The van der Waals surface area contributed by atoms with Crippen LogP contribution in [0.5, 0.6) is 0 Å². The van der Waals surface area contributed by atoms with E-state index in [0.717, 1.165) is 6.42 Å². The van der Waals surface area contributed by atoms with Crippen molar-refractivity contribution in [3.05, 3.63) is 24.8 Å². The molecule has 2 aliphatic carbocycles. The van der Waals surface area contributed by atoms with E-state index in [4.69, 9.17) is 0 Å². The van der Waals surface area contributed by atoms with E-state index in [1.165, 1.54) is 0 Å². The fourth-order valence-electron chi connectivity index (χ4n) is 3.16. The molecule has 0 spiro atoms. The first-order valence-corrected chi connectivity index (χ1v) is 6.37. The number of carbonyl (C=O) groups excluding carboxylic acids is 1. The van der Waals surface area contributed by atoms with Gasteiger partial charge in [-0.2, -0.15) is 0 Å². The van der Waals surface area contributed by atoms with E-state index in [-0.39, 0.29) is 23.8 Å². The third-order valence-corrected chi connectivity index (χ3v) is 3.96. The second kappa shape index (κ2) is 4.96. The van der Waals surface area contributed by atoms with Gasteiger partial charge in [-0.3, -0.25) is 9.59 Å². The standard InChI is InChI=1S/C14H19NO3/c1-3-4-8(2)15-13(16)11-9-5-6-10(7-9)12(11)14(17)18/h3,5-6,8-12H,1,4,7H2,2H3,(H,15,16)(H,17,18)/t8?,9?,10?,11-,12+/m0/s1. The fourth-order valence-corrected chi connectivity index (χ4v) is 3.16. The SMILES string of the molecule is C=CCC(C)NC(=O)[C@H]1C2C=CC(C2)[C@H]1C(=O)O. The average molecular weight is 249 g/mol. The number of amides is 1. The lowest BCUT2D eigenvalue weighted by Gasteiger charge is -2.25. The van der Waals surface area contributed by atoms with Gasteiger partial charge in [0, 0.05) is 6.04 Å². The Bertz CT molecular complexity index is 402. The number of carboxylic acid groups (broad SMARTS) is 1. The van der Waals surface area contributed by atoms with Crippen LogP contribution in [0.1, 0.15) is 19.8 Å². The fraction of sp³-hybridized carbons (Fsp3) is 0.571.